The van der Waals surface area contributed by atoms with Crippen molar-refractivity contribution in [3.63, 3.8) is 0 Å². The van der Waals surface area contributed by atoms with E-state index in [1.54, 1.807) is 0 Å². The standard InChI is InChI=1S/C11H17NO2/c1-9(2)10(3)4-5-11(9,6-12)8(14)7(10)13/h7-8,13-14H,4-5H2,1-3H3/t7-,8-,10-,11-/m0/s1. The Balaban J connectivity index is 2.61. The molecule has 0 spiro atoms. The fourth-order valence-corrected chi connectivity index (χ4v) is 3.51. The van der Waals surface area contributed by atoms with Crippen molar-refractivity contribution < 1.29 is 10.2 Å². The zero-order valence-electron chi connectivity index (χ0n) is 8.91. The topological polar surface area (TPSA) is 64.2 Å². The van der Waals surface area contributed by atoms with E-state index < -0.39 is 17.6 Å². The number of fused-ring (bicyclic) bond motifs is 2. The summed E-state index contributed by atoms with van der Waals surface area (Å²) in [5.74, 6) is 0. The molecule has 2 aliphatic rings. The SMILES string of the molecule is CC1(C)[C@@]2(C)CC[C@]1(C#N)[C@@H](O)[C@@H]2O. The molecule has 3 nitrogen and oxygen atoms in total. The fraction of sp³-hybridized carbons (Fsp3) is 0.909. The van der Waals surface area contributed by atoms with Gasteiger partial charge in [0.15, 0.2) is 0 Å². The zero-order valence-corrected chi connectivity index (χ0v) is 8.91. The molecular weight excluding hydrogens is 178 g/mol. The first-order chi connectivity index (χ1) is 6.33. The number of rotatable bonds is 0. The van der Waals surface area contributed by atoms with Crippen molar-refractivity contribution in [3.05, 3.63) is 0 Å². The molecule has 2 aliphatic carbocycles. The molecule has 0 aromatic rings. The van der Waals surface area contributed by atoms with Crippen LogP contribution < -0.4 is 0 Å². The van der Waals surface area contributed by atoms with E-state index in [0.717, 1.165) is 6.42 Å². The van der Waals surface area contributed by atoms with E-state index in [4.69, 9.17) is 0 Å². The van der Waals surface area contributed by atoms with Crippen LogP contribution in [0.1, 0.15) is 33.6 Å². The molecular formula is C11H17NO2. The summed E-state index contributed by atoms with van der Waals surface area (Å²) in [5.41, 5.74) is -1.38. The molecule has 0 heterocycles. The van der Waals surface area contributed by atoms with Crippen molar-refractivity contribution in [1.29, 1.82) is 5.26 Å². The third kappa shape index (κ3) is 0.656. The van der Waals surface area contributed by atoms with Crippen molar-refractivity contribution in [1.82, 2.24) is 0 Å². The van der Waals surface area contributed by atoms with E-state index in [9.17, 15) is 15.5 Å². The van der Waals surface area contributed by atoms with Gasteiger partial charge >= 0.3 is 0 Å². The van der Waals surface area contributed by atoms with Crippen LogP contribution in [-0.4, -0.2) is 22.4 Å². The van der Waals surface area contributed by atoms with E-state index in [0.29, 0.717) is 6.42 Å². The first kappa shape index (κ1) is 9.95. The summed E-state index contributed by atoms with van der Waals surface area (Å²) in [6.45, 7) is 5.96. The van der Waals surface area contributed by atoms with Crippen LogP contribution in [0.25, 0.3) is 0 Å². The summed E-state index contributed by atoms with van der Waals surface area (Å²) in [5, 5.41) is 29.2. The average molecular weight is 195 g/mol. The minimum Gasteiger partial charge on any atom is -0.390 e. The van der Waals surface area contributed by atoms with Gasteiger partial charge in [-0.05, 0) is 18.3 Å². The number of aliphatic hydroxyl groups excluding tert-OH is 2. The number of hydrogen-bond acceptors (Lipinski definition) is 3. The van der Waals surface area contributed by atoms with Crippen molar-refractivity contribution >= 4 is 0 Å². The van der Waals surface area contributed by atoms with Gasteiger partial charge in [0.05, 0.1) is 23.7 Å². The predicted octanol–water partition coefficient (Wildman–Crippen LogP) is 1.06. The first-order valence-electron chi connectivity index (χ1n) is 5.11. The van der Waals surface area contributed by atoms with Gasteiger partial charge in [-0.1, -0.05) is 20.8 Å². The molecule has 78 valence electrons. The van der Waals surface area contributed by atoms with Gasteiger partial charge in [0.1, 0.15) is 0 Å². The Hall–Kier alpha value is -0.590. The molecule has 4 atom stereocenters. The van der Waals surface area contributed by atoms with Crippen molar-refractivity contribution in [2.75, 3.05) is 0 Å². The fourth-order valence-electron chi connectivity index (χ4n) is 3.51. The molecule has 0 aromatic carbocycles. The van der Waals surface area contributed by atoms with Crippen LogP contribution in [0.5, 0.6) is 0 Å². The number of hydrogen-bond donors (Lipinski definition) is 2. The highest BCUT2D eigenvalue weighted by atomic mass is 16.3. The van der Waals surface area contributed by atoms with E-state index >= 15 is 0 Å². The van der Waals surface area contributed by atoms with Crippen LogP contribution in [0.4, 0.5) is 0 Å². The maximum Gasteiger partial charge on any atom is 0.0995 e. The minimum absolute atomic E-state index is 0.312. The summed E-state index contributed by atoms with van der Waals surface area (Å²) in [4.78, 5) is 0. The van der Waals surface area contributed by atoms with E-state index in [1.165, 1.54) is 0 Å². The Bertz CT molecular complexity index is 320. The molecule has 0 aliphatic heterocycles. The Labute approximate surface area is 84.4 Å². The molecule has 0 aromatic heterocycles. The Morgan fingerprint density at radius 2 is 1.71 bits per heavy atom. The quantitative estimate of drug-likeness (QED) is 0.607. The molecule has 3 heteroatoms. The van der Waals surface area contributed by atoms with E-state index in [2.05, 4.69) is 6.07 Å². The van der Waals surface area contributed by atoms with E-state index in [1.807, 2.05) is 20.8 Å². The Morgan fingerprint density at radius 3 is 2.00 bits per heavy atom. The molecule has 2 N–H and O–H groups in total. The smallest absolute Gasteiger partial charge is 0.0995 e. The van der Waals surface area contributed by atoms with Gasteiger partial charge in [0.25, 0.3) is 0 Å². The highest BCUT2D eigenvalue weighted by Crippen LogP contribution is 2.71. The lowest BCUT2D eigenvalue weighted by molar-refractivity contribution is -0.0594. The summed E-state index contributed by atoms with van der Waals surface area (Å²) in [7, 11) is 0. The van der Waals surface area contributed by atoms with Crippen LogP contribution >= 0.6 is 0 Å². The second-order valence-corrected chi connectivity index (χ2v) is 5.52. The molecule has 0 unspecified atom stereocenters. The molecule has 0 saturated heterocycles. The van der Waals surface area contributed by atoms with Crippen LogP contribution in [0.15, 0.2) is 0 Å². The number of nitriles is 1. The van der Waals surface area contributed by atoms with Crippen LogP contribution in [0.3, 0.4) is 0 Å². The van der Waals surface area contributed by atoms with Gasteiger partial charge in [-0.2, -0.15) is 5.26 Å². The molecule has 2 saturated carbocycles. The van der Waals surface area contributed by atoms with Crippen molar-refractivity contribution in [2.45, 2.75) is 45.8 Å². The maximum atomic E-state index is 9.98. The predicted molar refractivity (Wildman–Crippen MR) is 51.2 cm³/mol. The molecule has 2 rings (SSSR count). The van der Waals surface area contributed by atoms with Crippen LogP contribution in [0, 0.1) is 27.6 Å². The molecule has 2 bridgehead atoms. The number of nitrogens with zero attached hydrogens (tertiary/aromatic N) is 1. The Kier molecular flexibility index (Phi) is 1.65. The van der Waals surface area contributed by atoms with Crippen molar-refractivity contribution in [3.8, 4) is 6.07 Å². The van der Waals surface area contributed by atoms with Gasteiger partial charge in [0, 0.05) is 5.41 Å². The van der Waals surface area contributed by atoms with Gasteiger partial charge in [-0.15, -0.1) is 0 Å². The molecule has 2 fully saturated rings. The van der Waals surface area contributed by atoms with Crippen LogP contribution in [0.2, 0.25) is 0 Å². The lowest BCUT2D eigenvalue weighted by Gasteiger charge is -2.37. The molecule has 0 amide bonds. The van der Waals surface area contributed by atoms with Gasteiger partial charge in [0.2, 0.25) is 0 Å². The van der Waals surface area contributed by atoms with Crippen molar-refractivity contribution in [2.24, 2.45) is 16.2 Å². The van der Waals surface area contributed by atoms with Gasteiger partial charge in [-0.3, -0.25) is 0 Å². The highest BCUT2D eigenvalue weighted by molar-refractivity contribution is 5.29. The average Bonchev–Trinajstić information content (AvgIpc) is 2.39. The lowest BCUT2D eigenvalue weighted by Crippen LogP contribution is -2.41. The maximum absolute atomic E-state index is 9.98. The lowest BCUT2D eigenvalue weighted by atomic mass is 9.65. The third-order valence-corrected chi connectivity index (χ3v) is 5.24. The second-order valence-electron chi connectivity index (χ2n) is 5.52. The number of aliphatic hydroxyl groups is 2. The monoisotopic (exact) mass is 195 g/mol. The zero-order chi connectivity index (χ0) is 10.8. The minimum atomic E-state index is -0.888. The largest absolute Gasteiger partial charge is 0.390 e. The first-order valence-corrected chi connectivity index (χ1v) is 5.11. The highest BCUT2D eigenvalue weighted by Gasteiger charge is 2.74. The van der Waals surface area contributed by atoms with Gasteiger partial charge < -0.3 is 10.2 Å². The van der Waals surface area contributed by atoms with E-state index in [-0.39, 0.29) is 10.8 Å². The summed E-state index contributed by atoms with van der Waals surface area (Å²) in [6.07, 6.45) is -0.121. The van der Waals surface area contributed by atoms with Gasteiger partial charge in [-0.25, -0.2) is 0 Å². The van der Waals surface area contributed by atoms with Crippen LogP contribution in [-0.2, 0) is 0 Å². The summed E-state index contributed by atoms with van der Waals surface area (Å²) >= 11 is 0. The second kappa shape index (κ2) is 2.32. The third-order valence-electron chi connectivity index (χ3n) is 5.24. The summed E-state index contributed by atoms with van der Waals surface area (Å²) < 4.78 is 0. The molecule has 14 heavy (non-hydrogen) atoms. The Morgan fingerprint density at radius 1 is 1.14 bits per heavy atom. The normalized spacial score (nSPS) is 54.6. The molecule has 0 radical (unpaired) electrons. The summed E-state index contributed by atoms with van der Waals surface area (Å²) in [6, 6.07) is 2.25.